The molecule has 0 aromatic rings. The number of amides is 1. The summed E-state index contributed by atoms with van der Waals surface area (Å²) in [6.07, 6.45) is 54.3. The van der Waals surface area contributed by atoms with Gasteiger partial charge in [0.15, 0.2) is 12.6 Å². The van der Waals surface area contributed by atoms with E-state index >= 15 is 0 Å². The monoisotopic (exact) mass is 1160 g/mol. The minimum absolute atomic E-state index is 0.254. The SMILES string of the molecule is CCC/C=C/CC/C=C/CC/C=C/C(O)C(COC1OC(CO)C(OC2OC(CO)C(O)C(O)C2O)C(O)C1O)NC(=O)CCCCCCCCCCCCCCCCCCCCCCCC/C=C\C/C=C\C/C=C\CCCCCCC. The highest BCUT2D eigenvalue weighted by atomic mass is 16.7. The van der Waals surface area contributed by atoms with E-state index in [1.165, 1.54) is 161 Å². The molecule has 2 aliphatic heterocycles. The molecule has 14 nitrogen and oxygen atoms in total. The number of ether oxygens (including phenoxy) is 4. The van der Waals surface area contributed by atoms with Gasteiger partial charge in [-0.3, -0.25) is 4.79 Å². The topological polar surface area (TPSA) is 228 Å². The predicted octanol–water partition coefficient (Wildman–Crippen LogP) is 12.7. The van der Waals surface area contributed by atoms with E-state index in [9.17, 15) is 45.6 Å². The molecular formula is C68H121NO13. The van der Waals surface area contributed by atoms with Crippen molar-refractivity contribution in [3.8, 4) is 0 Å². The molecule has 0 saturated carbocycles. The van der Waals surface area contributed by atoms with Gasteiger partial charge in [0.2, 0.25) is 5.91 Å². The summed E-state index contributed by atoms with van der Waals surface area (Å²) in [7, 11) is 0. The first-order valence-electron chi connectivity index (χ1n) is 33.2. The van der Waals surface area contributed by atoms with Crippen LogP contribution in [0.1, 0.15) is 258 Å². The van der Waals surface area contributed by atoms with Crippen molar-refractivity contribution in [1.82, 2.24) is 5.32 Å². The van der Waals surface area contributed by atoms with E-state index < -0.39 is 86.8 Å². The molecule has 14 heteroatoms. The van der Waals surface area contributed by atoms with Gasteiger partial charge in [0, 0.05) is 6.42 Å². The first-order valence-corrected chi connectivity index (χ1v) is 33.2. The van der Waals surface area contributed by atoms with E-state index in [-0.39, 0.29) is 18.9 Å². The van der Waals surface area contributed by atoms with Crippen molar-refractivity contribution in [1.29, 1.82) is 0 Å². The van der Waals surface area contributed by atoms with Gasteiger partial charge in [-0.25, -0.2) is 0 Å². The molecule has 2 rings (SSSR count). The Hall–Kier alpha value is -2.57. The summed E-state index contributed by atoms with van der Waals surface area (Å²) in [6, 6.07) is -0.938. The van der Waals surface area contributed by atoms with Crippen LogP contribution in [0.3, 0.4) is 0 Å². The minimum Gasteiger partial charge on any atom is -0.394 e. The third-order valence-corrected chi connectivity index (χ3v) is 15.8. The van der Waals surface area contributed by atoms with Crippen LogP contribution in [-0.2, 0) is 23.7 Å². The highest BCUT2D eigenvalue weighted by Gasteiger charge is 2.51. The second kappa shape index (κ2) is 52.7. The van der Waals surface area contributed by atoms with Gasteiger partial charge < -0.3 is 65.1 Å². The van der Waals surface area contributed by atoms with Gasteiger partial charge in [-0.1, -0.05) is 247 Å². The van der Waals surface area contributed by atoms with E-state index in [0.717, 1.165) is 64.2 Å². The quantitative estimate of drug-likeness (QED) is 0.0204. The summed E-state index contributed by atoms with van der Waals surface area (Å²) in [5.74, 6) is -0.254. The van der Waals surface area contributed by atoms with Crippen molar-refractivity contribution in [3.05, 3.63) is 72.9 Å². The van der Waals surface area contributed by atoms with Crippen molar-refractivity contribution in [2.75, 3.05) is 19.8 Å². The third-order valence-electron chi connectivity index (χ3n) is 15.8. The number of hydrogen-bond donors (Lipinski definition) is 9. The Labute approximate surface area is 498 Å². The van der Waals surface area contributed by atoms with Gasteiger partial charge >= 0.3 is 0 Å². The van der Waals surface area contributed by atoms with Gasteiger partial charge in [0.1, 0.15) is 48.8 Å². The first-order chi connectivity index (χ1) is 40.1. The molecular weight excluding hydrogens is 1040 g/mol. The van der Waals surface area contributed by atoms with Gasteiger partial charge in [-0.05, 0) is 77.0 Å². The molecule has 0 spiro atoms. The molecule has 476 valence electrons. The maximum atomic E-state index is 13.2. The lowest BCUT2D eigenvalue weighted by atomic mass is 9.97. The van der Waals surface area contributed by atoms with E-state index in [0.29, 0.717) is 12.8 Å². The molecule has 2 heterocycles. The highest BCUT2D eigenvalue weighted by molar-refractivity contribution is 5.76. The maximum absolute atomic E-state index is 13.2. The highest BCUT2D eigenvalue weighted by Crippen LogP contribution is 2.30. The van der Waals surface area contributed by atoms with Crippen molar-refractivity contribution in [3.63, 3.8) is 0 Å². The van der Waals surface area contributed by atoms with Crippen LogP contribution < -0.4 is 5.32 Å². The van der Waals surface area contributed by atoms with E-state index in [2.05, 4.69) is 79.9 Å². The van der Waals surface area contributed by atoms with Crippen LogP contribution in [0.5, 0.6) is 0 Å². The smallest absolute Gasteiger partial charge is 0.220 e. The van der Waals surface area contributed by atoms with Crippen molar-refractivity contribution < 1.29 is 64.6 Å². The Morgan fingerprint density at radius 3 is 1.32 bits per heavy atom. The lowest BCUT2D eigenvalue weighted by molar-refractivity contribution is -0.359. The molecule has 2 aliphatic rings. The summed E-state index contributed by atoms with van der Waals surface area (Å²) in [5.41, 5.74) is 0. The average Bonchev–Trinajstić information content (AvgIpc) is 3.62. The minimum atomic E-state index is -1.79. The fraction of sp³-hybridized carbons (Fsp3) is 0.809. The fourth-order valence-corrected chi connectivity index (χ4v) is 10.5. The molecule has 82 heavy (non-hydrogen) atoms. The molecule has 1 amide bonds. The van der Waals surface area contributed by atoms with Gasteiger partial charge in [0.25, 0.3) is 0 Å². The molecule has 0 bridgehead atoms. The number of aliphatic hydroxyl groups is 8. The van der Waals surface area contributed by atoms with Crippen LogP contribution in [-0.4, -0.2) is 140 Å². The molecule has 12 unspecified atom stereocenters. The standard InChI is InChI=1S/C68H121NO13/c1-3-5-7-9-11-13-15-16-17-18-19-20-21-22-23-24-25-26-27-28-29-30-31-32-33-34-35-36-37-38-39-40-42-44-46-48-50-52-60(73)69-56(57(72)51-49-47-45-43-41-14-12-10-8-6-4-2)55-79-67-65(78)63(76)66(59(54-71)81-67)82-68-64(77)62(75)61(74)58(53-70)80-68/h8,10,15-16,18-19,21-22,41,43,49,51,56-59,61-68,70-72,74-78H,3-7,9,11-14,17,20,23-40,42,44-48,50,52-55H2,1-2H3,(H,69,73)/b10-8+,16-15-,19-18-,22-21-,43-41+,51-49+. The third kappa shape index (κ3) is 37.1. The summed E-state index contributed by atoms with van der Waals surface area (Å²) >= 11 is 0. The Kier molecular flexibility index (Phi) is 48.6. The Bertz CT molecular complexity index is 1650. The van der Waals surface area contributed by atoms with E-state index in [4.69, 9.17) is 18.9 Å². The van der Waals surface area contributed by atoms with Crippen LogP contribution in [0.4, 0.5) is 0 Å². The Morgan fingerprint density at radius 1 is 0.439 bits per heavy atom. The molecule has 0 aromatic carbocycles. The van der Waals surface area contributed by atoms with Crippen LogP contribution >= 0.6 is 0 Å². The van der Waals surface area contributed by atoms with Crippen LogP contribution in [0.2, 0.25) is 0 Å². The zero-order chi connectivity index (χ0) is 59.5. The molecule has 2 fully saturated rings. The van der Waals surface area contributed by atoms with Crippen LogP contribution in [0.25, 0.3) is 0 Å². The van der Waals surface area contributed by atoms with Crippen molar-refractivity contribution in [2.24, 2.45) is 0 Å². The molecule has 0 radical (unpaired) electrons. The maximum Gasteiger partial charge on any atom is 0.220 e. The molecule has 2 saturated heterocycles. The number of hydrogen-bond acceptors (Lipinski definition) is 13. The molecule has 0 aliphatic carbocycles. The largest absolute Gasteiger partial charge is 0.394 e. The van der Waals surface area contributed by atoms with E-state index in [1.54, 1.807) is 6.08 Å². The predicted molar refractivity (Wildman–Crippen MR) is 332 cm³/mol. The number of rotatable bonds is 53. The molecule has 0 aromatic heterocycles. The Balaban J connectivity index is 1.57. The normalized spacial score (nSPS) is 24.4. The second-order valence-corrected chi connectivity index (χ2v) is 23.2. The van der Waals surface area contributed by atoms with Crippen molar-refractivity contribution in [2.45, 2.75) is 331 Å². The van der Waals surface area contributed by atoms with Crippen LogP contribution in [0.15, 0.2) is 72.9 Å². The van der Waals surface area contributed by atoms with Gasteiger partial charge in [-0.15, -0.1) is 0 Å². The summed E-state index contributed by atoms with van der Waals surface area (Å²) in [5, 5.41) is 87.0. The first kappa shape index (κ1) is 75.5. The summed E-state index contributed by atoms with van der Waals surface area (Å²) < 4.78 is 22.7. The summed E-state index contributed by atoms with van der Waals surface area (Å²) in [4.78, 5) is 13.2. The fourth-order valence-electron chi connectivity index (χ4n) is 10.5. The number of unbranched alkanes of at least 4 members (excludes halogenated alkanes) is 30. The lowest BCUT2D eigenvalue weighted by Gasteiger charge is -2.46. The number of carbonyl (C=O) groups excluding carboxylic acids is 1. The Morgan fingerprint density at radius 2 is 0.841 bits per heavy atom. The molecule has 9 N–H and O–H groups in total. The average molecular weight is 1160 g/mol. The van der Waals surface area contributed by atoms with Gasteiger partial charge in [0.05, 0.1) is 32.0 Å². The number of allylic oxidation sites excluding steroid dienone is 11. The number of aliphatic hydroxyl groups excluding tert-OH is 8. The van der Waals surface area contributed by atoms with Crippen molar-refractivity contribution >= 4 is 5.91 Å². The zero-order valence-corrected chi connectivity index (χ0v) is 51.5. The zero-order valence-electron chi connectivity index (χ0n) is 51.5. The number of nitrogens with one attached hydrogen (secondary N) is 1. The second-order valence-electron chi connectivity index (χ2n) is 23.2. The van der Waals surface area contributed by atoms with E-state index in [1.807, 2.05) is 6.08 Å². The number of carbonyl (C=O) groups is 1. The summed E-state index contributed by atoms with van der Waals surface area (Å²) in [6.45, 7) is 2.68. The van der Waals surface area contributed by atoms with Crippen LogP contribution in [0, 0.1) is 0 Å². The lowest BCUT2D eigenvalue weighted by Crippen LogP contribution is -2.65. The van der Waals surface area contributed by atoms with Gasteiger partial charge in [-0.2, -0.15) is 0 Å². The molecule has 12 atom stereocenters.